The number of anilines is 1. The first-order valence-corrected chi connectivity index (χ1v) is 6.74. The summed E-state index contributed by atoms with van der Waals surface area (Å²) < 4.78 is 1.03. The molecule has 1 heterocycles. The van der Waals surface area contributed by atoms with E-state index in [2.05, 4.69) is 26.2 Å². The zero-order valence-corrected chi connectivity index (χ0v) is 11.4. The first kappa shape index (κ1) is 12.3. The molecule has 90 valence electrons. The second kappa shape index (κ2) is 5.48. The van der Waals surface area contributed by atoms with Gasteiger partial charge in [0.05, 0.1) is 0 Å². The highest BCUT2D eigenvalue weighted by Crippen LogP contribution is 2.19. The minimum absolute atomic E-state index is 0.0214. The van der Waals surface area contributed by atoms with Gasteiger partial charge in [0.15, 0.2) is 0 Å². The number of benzene rings is 1. The predicted molar refractivity (Wildman–Crippen MR) is 74.0 cm³/mol. The molecule has 0 saturated carbocycles. The number of nitrogens with two attached hydrogens (primary N) is 1. The summed E-state index contributed by atoms with van der Waals surface area (Å²) in [6, 6.07) is 5.70. The molecule has 0 unspecified atom stereocenters. The molecule has 0 fully saturated rings. The largest absolute Gasteiger partial charge is 0.399 e. The van der Waals surface area contributed by atoms with Crippen molar-refractivity contribution in [3.05, 3.63) is 49.0 Å². The summed E-state index contributed by atoms with van der Waals surface area (Å²) in [5.74, 6) is 0. The van der Waals surface area contributed by atoms with E-state index in [1.54, 1.807) is 0 Å². The number of thiazole rings is 1. The van der Waals surface area contributed by atoms with Crippen LogP contribution < -0.4 is 15.9 Å². The summed E-state index contributed by atoms with van der Waals surface area (Å²) in [6.07, 6.45) is 0. The molecule has 0 atom stereocenters. The van der Waals surface area contributed by atoms with Crippen LogP contribution in [-0.4, -0.2) is 4.98 Å². The Bertz CT molecular complexity index is 564. The van der Waals surface area contributed by atoms with E-state index in [0.717, 1.165) is 21.4 Å². The number of nitrogens with one attached hydrogen (secondary N) is 2. The lowest BCUT2D eigenvalue weighted by Gasteiger charge is -2.06. The third-order valence-corrected chi connectivity index (χ3v) is 3.76. The van der Waals surface area contributed by atoms with Gasteiger partial charge in [-0.1, -0.05) is 27.3 Å². The standard InChI is InChI=1S/C11H12BrN3OS/c12-10-2-1-8(13)3-7(10)4-14-5-9-6-17-11(16)15-9/h1-3,6,14H,4-5,13H2,(H,15,16). The Morgan fingerprint density at radius 3 is 2.94 bits per heavy atom. The summed E-state index contributed by atoms with van der Waals surface area (Å²) in [6.45, 7) is 1.34. The van der Waals surface area contributed by atoms with Gasteiger partial charge in [0.1, 0.15) is 0 Å². The Labute approximate surface area is 111 Å². The third-order valence-electron chi connectivity index (χ3n) is 2.27. The van der Waals surface area contributed by atoms with Gasteiger partial charge in [-0.3, -0.25) is 4.79 Å². The molecule has 2 aromatic rings. The fourth-order valence-corrected chi connectivity index (χ4v) is 2.43. The van der Waals surface area contributed by atoms with Gasteiger partial charge >= 0.3 is 4.87 Å². The van der Waals surface area contributed by atoms with E-state index in [1.165, 1.54) is 11.3 Å². The molecule has 0 aliphatic rings. The van der Waals surface area contributed by atoms with E-state index in [4.69, 9.17) is 5.73 Å². The maximum atomic E-state index is 10.9. The molecule has 0 spiro atoms. The van der Waals surface area contributed by atoms with E-state index in [1.807, 2.05) is 23.6 Å². The fraction of sp³-hybridized carbons (Fsp3) is 0.182. The van der Waals surface area contributed by atoms with Crippen LogP contribution >= 0.6 is 27.3 Å². The first-order valence-electron chi connectivity index (χ1n) is 5.06. The fourth-order valence-electron chi connectivity index (χ4n) is 1.46. The van der Waals surface area contributed by atoms with E-state index >= 15 is 0 Å². The molecule has 2 rings (SSSR count). The number of H-pyrrole nitrogens is 1. The number of rotatable bonds is 4. The smallest absolute Gasteiger partial charge is 0.304 e. The summed E-state index contributed by atoms with van der Waals surface area (Å²) in [5.41, 5.74) is 8.47. The quantitative estimate of drug-likeness (QED) is 0.757. The Morgan fingerprint density at radius 2 is 2.24 bits per heavy atom. The van der Waals surface area contributed by atoms with Crippen molar-refractivity contribution >= 4 is 33.0 Å². The van der Waals surface area contributed by atoms with Gasteiger partial charge in [-0.25, -0.2) is 0 Å². The number of aromatic nitrogens is 1. The molecule has 17 heavy (non-hydrogen) atoms. The van der Waals surface area contributed by atoms with Gasteiger partial charge in [0, 0.05) is 34.3 Å². The Hall–Kier alpha value is -1.11. The van der Waals surface area contributed by atoms with Crippen molar-refractivity contribution in [2.24, 2.45) is 0 Å². The van der Waals surface area contributed by atoms with Crippen LogP contribution in [0.3, 0.4) is 0 Å². The molecule has 0 aliphatic carbocycles. The molecule has 6 heteroatoms. The van der Waals surface area contributed by atoms with Crippen molar-refractivity contribution in [2.45, 2.75) is 13.1 Å². The Balaban J connectivity index is 1.94. The summed E-state index contributed by atoms with van der Waals surface area (Å²) in [4.78, 5) is 13.7. The zero-order valence-electron chi connectivity index (χ0n) is 9.00. The second-order valence-corrected chi connectivity index (χ2v) is 5.32. The molecule has 0 aliphatic heterocycles. The van der Waals surface area contributed by atoms with Crippen molar-refractivity contribution in [1.82, 2.24) is 10.3 Å². The normalized spacial score (nSPS) is 10.6. The van der Waals surface area contributed by atoms with Crippen molar-refractivity contribution in [3.8, 4) is 0 Å². The second-order valence-electron chi connectivity index (χ2n) is 3.63. The molecule has 0 amide bonds. The number of nitrogen functional groups attached to an aromatic ring is 1. The Morgan fingerprint density at radius 1 is 1.41 bits per heavy atom. The SMILES string of the molecule is Nc1ccc(Br)c(CNCc2csc(=O)[nH]2)c1. The minimum Gasteiger partial charge on any atom is -0.399 e. The van der Waals surface area contributed by atoms with Crippen molar-refractivity contribution in [3.63, 3.8) is 0 Å². The highest BCUT2D eigenvalue weighted by Gasteiger charge is 2.01. The van der Waals surface area contributed by atoms with Gasteiger partial charge in [-0.05, 0) is 23.8 Å². The van der Waals surface area contributed by atoms with Gasteiger partial charge in [0.2, 0.25) is 0 Å². The number of hydrogen-bond donors (Lipinski definition) is 3. The van der Waals surface area contributed by atoms with Crippen molar-refractivity contribution in [1.29, 1.82) is 0 Å². The molecule has 4 nitrogen and oxygen atoms in total. The summed E-state index contributed by atoms with van der Waals surface area (Å²) >= 11 is 4.65. The van der Waals surface area contributed by atoms with Crippen LogP contribution in [0.1, 0.15) is 11.3 Å². The average Bonchev–Trinajstić information content (AvgIpc) is 2.69. The maximum Gasteiger partial charge on any atom is 0.304 e. The van der Waals surface area contributed by atoms with Crippen molar-refractivity contribution < 1.29 is 0 Å². The lowest BCUT2D eigenvalue weighted by atomic mass is 10.2. The topological polar surface area (TPSA) is 70.9 Å². The molecule has 4 N–H and O–H groups in total. The molecule has 1 aromatic carbocycles. The van der Waals surface area contributed by atoms with E-state index in [9.17, 15) is 4.79 Å². The zero-order chi connectivity index (χ0) is 12.3. The van der Waals surface area contributed by atoms with E-state index < -0.39 is 0 Å². The van der Waals surface area contributed by atoms with Crippen LogP contribution in [0.25, 0.3) is 0 Å². The lowest BCUT2D eigenvalue weighted by Crippen LogP contribution is -2.14. The van der Waals surface area contributed by atoms with Crippen molar-refractivity contribution in [2.75, 3.05) is 5.73 Å². The maximum absolute atomic E-state index is 10.9. The lowest BCUT2D eigenvalue weighted by molar-refractivity contribution is 0.680. The van der Waals surface area contributed by atoms with Gasteiger partial charge in [-0.15, -0.1) is 0 Å². The summed E-state index contributed by atoms with van der Waals surface area (Å²) in [5, 5.41) is 5.07. The van der Waals surface area contributed by atoms with Crippen LogP contribution in [0.2, 0.25) is 0 Å². The van der Waals surface area contributed by atoms with E-state index in [-0.39, 0.29) is 4.87 Å². The van der Waals surface area contributed by atoms with Crippen LogP contribution in [0, 0.1) is 0 Å². The monoisotopic (exact) mass is 313 g/mol. The van der Waals surface area contributed by atoms with E-state index in [0.29, 0.717) is 13.1 Å². The van der Waals surface area contributed by atoms with Crippen LogP contribution in [0.15, 0.2) is 32.8 Å². The van der Waals surface area contributed by atoms with Gasteiger partial charge in [0.25, 0.3) is 0 Å². The summed E-state index contributed by atoms with van der Waals surface area (Å²) in [7, 11) is 0. The third kappa shape index (κ3) is 3.42. The predicted octanol–water partition coefficient (Wildman–Crippen LogP) is 2.07. The number of hydrogen-bond acceptors (Lipinski definition) is 4. The Kier molecular flexibility index (Phi) is 3.98. The number of aromatic amines is 1. The highest BCUT2D eigenvalue weighted by molar-refractivity contribution is 9.10. The van der Waals surface area contributed by atoms with Crippen LogP contribution in [0.4, 0.5) is 5.69 Å². The van der Waals surface area contributed by atoms with Gasteiger partial charge < -0.3 is 16.0 Å². The molecular formula is C11H12BrN3OS. The molecule has 1 aromatic heterocycles. The molecular weight excluding hydrogens is 302 g/mol. The minimum atomic E-state index is -0.0214. The van der Waals surface area contributed by atoms with Crippen LogP contribution in [-0.2, 0) is 13.1 Å². The highest BCUT2D eigenvalue weighted by atomic mass is 79.9. The number of halogens is 1. The molecule has 0 radical (unpaired) electrons. The van der Waals surface area contributed by atoms with Gasteiger partial charge in [-0.2, -0.15) is 0 Å². The molecule has 0 bridgehead atoms. The molecule has 0 saturated heterocycles. The average molecular weight is 314 g/mol. The first-order chi connectivity index (χ1) is 8.15. The van der Waals surface area contributed by atoms with Crippen LogP contribution in [0.5, 0.6) is 0 Å².